The standard InChI is InChI=1S/C20H31N3O2.ClH/c1-3-20(4-2,15-21)19(25)22-14-16-8-10-17(11-9-16)18(24)23-12-6-5-7-13-23;/h8-11H,3-7,12-15,21H2,1-2H3,(H,22,25);1H. The van der Waals surface area contributed by atoms with Crippen LogP contribution in [0.4, 0.5) is 0 Å². The van der Waals surface area contributed by atoms with Gasteiger partial charge in [0, 0.05) is 31.7 Å². The smallest absolute Gasteiger partial charge is 0.253 e. The normalized spacial score (nSPS) is 14.5. The van der Waals surface area contributed by atoms with Gasteiger partial charge in [-0.05, 0) is 49.8 Å². The van der Waals surface area contributed by atoms with Crippen molar-refractivity contribution in [2.75, 3.05) is 19.6 Å². The van der Waals surface area contributed by atoms with Crippen molar-refractivity contribution in [3.05, 3.63) is 35.4 Å². The van der Waals surface area contributed by atoms with Gasteiger partial charge >= 0.3 is 0 Å². The van der Waals surface area contributed by atoms with E-state index in [1.807, 2.05) is 43.0 Å². The van der Waals surface area contributed by atoms with Gasteiger partial charge in [0.05, 0.1) is 5.41 Å². The van der Waals surface area contributed by atoms with E-state index >= 15 is 0 Å². The van der Waals surface area contributed by atoms with Crippen molar-refractivity contribution in [1.29, 1.82) is 0 Å². The minimum absolute atomic E-state index is 0. The lowest BCUT2D eigenvalue weighted by Gasteiger charge is -2.28. The molecule has 0 bridgehead atoms. The van der Waals surface area contributed by atoms with Crippen molar-refractivity contribution in [3.63, 3.8) is 0 Å². The molecule has 1 saturated heterocycles. The fraction of sp³-hybridized carbons (Fsp3) is 0.600. The molecule has 1 heterocycles. The SMILES string of the molecule is CCC(CC)(CN)C(=O)NCc1ccc(C(=O)N2CCCCC2)cc1.Cl. The molecule has 0 radical (unpaired) electrons. The highest BCUT2D eigenvalue weighted by atomic mass is 35.5. The molecule has 0 spiro atoms. The highest BCUT2D eigenvalue weighted by molar-refractivity contribution is 5.94. The molecule has 1 aromatic rings. The van der Waals surface area contributed by atoms with Crippen molar-refractivity contribution in [2.24, 2.45) is 11.1 Å². The van der Waals surface area contributed by atoms with Crippen molar-refractivity contribution in [1.82, 2.24) is 10.2 Å². The number of rotatable bonds is 7. The maximum atomic E-state index is 12.5. The third kappa shape index (κ3) is 5.21. The first kappa shape index (κ1) is 22.5. The van der Waals surface area contributed by atoms with Crippen LogP contribution in [0.5, 0.6) is 0 Å². The number of hydrogen-bond donors (Lipinski definition) is 2. The summed E-state index contributed by atoms with van der Waals surface area (Å²) in [6, 6.07) is 7.54. The molecule has 6 heteroatoms. The molecule has 1 aliphatic rings. The van der Waals surface area contributed by atoms with Gasteiger partial charge in [-0.15, -0.1) is 12.4 Å². The van der Waals surface area contributed by atoms with Crippen LogP contribution in [0, 0.1) is 5.41 Å². The summed E-state index contributed by atoms with van der Waals surface area (Å²) >= 11 is 0. The molecule has 2 amide bonds. The fourth-order valence-corrected chi connectivity index (χ4v) is 3.37. The molecule has 0 unspecified atom stereocenters. The van der Waals surface area contributed by atoms with Gasteiger partial charge in [-0.2, -0.15) is 0 Å². The summed E-state index contributed by atoms with van der Waals surface area (Å²) in [5, 5.41) is 2.99. The Hall–Kier alpha value is -1.59. The molecule has 1 aromatic carbocycles. The molecule has 26 heavy (non-hydrogen) atoms. The first-order valence-electron chi connectivity index (χ1n) is 9.43. The fourth-order valence-electron chi connectivity index (χ4n) is 3.37. The number of amides is 2. The average molecular weight is 382 g/mol. The van der Waals surface area contributed by atoms with Crippen LogP contribution in [0.15, 0.2) is 24.3 Å². The predicted molar refractivity (Wildman–Crippen MR) is 107 cm³/mol. The molecular weight excluding hydrogens is 350 g/mol. The van der Waals surface area contributed by atoms with E-state index < -0.39 is 5.41 Å². The molecule has 0 saturated carbocycles. The number of piperidine rings is 1. The number of carbonyl (C=O) groups excluding carboxylic acids is 2. The van der Waals surface area contributed by atoms with Gasteiger partial charge < -0.3 is 16.0 Å². The Morgan fingerprint density at radius 2 is 1.65 bits per heavy atom. The van der Waals surface area contributed by atoms with Crippen LogP contribution in [-0.4, -0.2) is 36.3 Å². The molecule has 0 aromatic heterocycles. The molecule has 1 aliphatic heterocycles. The van der Waals surface area contributed by atoms with Gasteiger partial charge in [-0.25, -0.2) is 0 Å². The van der Waals surface area contributed by atoms with Crippen molar-refractivity contribution in [2.45, 2.75) is 52.5 Å². The van der Waals surface area contributed by atoms with Crippen LogP contribution >= 0.6 is 12.4 Å². The van der Waals surface area contributed by atoms with E-state index in [1.165, 1.54) is 6.42 Å². The molecule has 0 atom stereocenters. The lowest BCUT2D eigenvalue weighted by molar-refractivity contribution is -0.131. The lowest BCUT2D eigenvalue weighted by atomic mass is 9.81. The average Bonchev–Trinajstić information content (AvgIpc) is 2.68. The highest BCUT2D eigenvalue weighted by Crippen LogP contribution is 2.25. The summed E-state index contributed by atoms with van der Waals surface area (Å²) in [6.45, 7) is 6.51. The Bertz CT molecular complexity index is 571. The van der Waals surface area contributed by atoms with Crippen LogP contribution in [0.25, 0.3) is 0 Å². The number of halogens is 1. The van der Waals surface area contributed by atoms with E-state index in [0.29, 0.717) is 13.1 Å². The summed E-state index contributed by atoms with van der Waals surface area (Å²) in [5.74, 6) is 0.114. The third-order valence-corrected chi connectivity index (χ3v) is 5.52. The summed E-state index contributed by atoms with van der Waals surface area (Å²) in [7, 11) is 0. The van der Waals surface area contributed by atoms with Gasteiger partial charge in [-0.3, -0.25) is 9.59 Å². The molecule has 2 rings (SSSR count). The number of nitrogens with two attached hydrogens (primary N) is 1. The Labute approximate surface area is 163 Å². The van der Waals surface area contributed by atoms with Crippen LogP contribution in [0.3, 0.4) is 0 Å². The summed E-state index contributed by atoms with van der Waals surface area (Å²) in [6.07, 6.45) is 4.85. The molecular formula is C20H32ClN3O2. The predicted octanol–water partition coefficient (Wildman–Crippen LogP) is 3.12. The number of carbonyl (C=O) groups is 2. The second-order valence-corrected chi connectivity index (χ2v) is 6.92. The van der Waals surface area contributed by atoms with Crippen LogP contribution in [-0.2, 0) is 11.3 Å². The van der Waals surface area contributed by atoms with Crippen LogP contribution < -0.4 is 11.1 Å². The first-order chi connectivity index (χ1) is 12.1. The topological polar surface area (TPSA) is 75.4 Å². The molecule has 146 valence electrons. The number of hydrogen-bond acceptors (Lipinski definition) is 3. The van der Waals surface area contributed by atoms with Gasteiger partial charge in [0.15, 0.2) is 0 Å². The van der Waals surface area contributed by atoms with Gasteiger partial charge in [0.1, 0.15) is 0 Å². The molecule has 3 N–H and O–H groups in total. The van der Waals surface area contributed by atoms with Gasteiger partial charge in [0.2, 0.25) is 5.91 Å². The van der Waals surface area contributed by atoms with Gasteiger partial charge in [-0.1, -0.05) is 26.0 Å². The van der Waals surface area contributed by atoms with E-state index in [4.69, 9.17) is 5.73 Å². The summed E-state index contributed by atoms with van der Waals surface area (Å²) in [4.78, 5) is 26.9. The third-order valence-electron chi connectivity index (χ3n) is 5.52. The van der Waals surface area contributed by atoms with E-state index in [-0.39, 0.29) is 24.2 Å². The monoisotopic (exact) mass is 381 g/mol. The molecule has 1 fully saturated rings. The maximum absolute atomic E-state index is 12.5. The van der Waals surface area contributed by atoms with E-state index in [2.05, 4.69) is 5.32 Å². The molecule has 0 aliphatic carbocycles. The first-order valence-corrected chi connectivity index (χ1v) is 9.43. The van der Waals surface area contributed by atoms with Crippen LogP contribution in [0.1, 0.15) is 61.9 Å². The zero-order valence-electron chi connectivity index (χ0n) is 15.9. The summed E-state index contributed by atoms with van der Waals surface area (Å²) < 4.78 is 0. The lowest BCUT2D eigenvalue weighted by Crippen LogP contribution is -2.45. The van der Waals surface area contributed by atoms with E-state index in [1.54, 1.807) is 0 Å². The zero-order valence-corrected chi connectivity index (χ0v) is 16.7. The Kier molecular flexibility index (Phi) is 9.09. The number of nitrogens with one attached hydrogen (secondary N) is 1. The minimum atomic E-state index is -0.482. The number of likely N-dealkylation sites (tertiary alicyclic amines) is 1. The minimum Gasteiger partial charge on any atom is -0.352 e. The summed E-state index contributed by atoms with van der Waals surface area (Å²) in [5.41, 5.74) is 7.04. The van der Waals surface area contributed by atoms with E-state index in [9.17, 15) is 9.59 Å². The maximum Gasteiger partial charge on any atom is 0.253 e. The van der Waals surface area contributed by atoms with Crippen molar-refractivity contribution in [3.8, 4) is 0 Å². The number of benzene rings is 1. The van der Waals surface area contributed by atoms with E-state index in [0.717, 1.165) is 49.9 Å². The largest absolute Gasteiger partial charge is 0.352 e. The molecule has 5 nitrogen and oxygen atoms in total. The Balaban J connectivity index is 0.00000338. The van der Waals surface area contributed by atoms with Crippen molar-refractivity contribution >= 4 is 24.2 Å². The highest BCUT2D eigenvalue weighted by Gasteiger charge is 2.32. The second kappa shape index (κ2) is 10.5. The van der Waals surface area contributed by atoms with Gasteiger partial charge in [0.25, 0.3) is 5.91 Å². The van der Waals surface area contributed by atoms with Crippen molar-refractivity contribution < 1.29 is 9.59 Å². The quantitative estimate of drug-likeness (QED) is 0.761. The zero-order chi connectivity index (χ0) is 18.3. The Morgan fingerprint density at radius 3 is 2.15 bits per heavy atom. The van der Waals surface area contributed by atoms with Crippen LogP contribution in [0.2, 0.25) is 0 Å². The Morgan fingerprint density at radius 1 is 1.08 bits per heavy atom. The second-order valence-electron chi connectivity index (χ2n) is 6.92. The number of nitrogens with zero attached hydrogens (tertiary/aromatic N) is 1.